The molecule has 3 heteroatoms. The largest absolute Gasteiger partial charge is 0.319 e. The van der Waals surface area contributed by atoms with Crippen molar-refractivity contribution in [1.82, 2.24) is 9.58 Å². The van der Waals surface area contributed by atoms with Crippen molar-refractivity contribution in [3.05, 3.63) is 36.0 Å². The van der Waals surface area contributed by atoms with E-state index in [-0.39, 0.29) is 0 Å². The van der Waals surface area contributed by atoms with E-state index in [0.717, 1.165) is 0 Å². The van der Waals surface area contributed by atoms with Gasteiger partial charge in [0.25, 0.3) is 0 Å². The molecule has 2 rings (SSSR count). The van der Waals surface area contributed by atoms with E-state index in [1.807, 2.05) is 26.0 Å². The van der Waals surface area contributed by atoms with Gasteiger partial charge in [-0.05, 0) is 40.2 Å². The Morgan fingerprint density at radius 3 is 2.00 bits per heavy atom. The quantitative estimate of drug-likeness (QED) is 0.749. The van der Waals surface area contributed by atoms with Crippen molar-refractivity contribution in [3.63, 3.8) is 0 Å². The number of fused-ring (bicyclic) bond motifs is 1. The Balaban J connectivity index is 0.000000317. The van der Waals surface area contributed by atoms with E-state index in [9.17, 15) is 0 Å². The van der Waals surface area contributed by atoms with E-state index in [0.29, 0.717) is 0 Å². The van der Waals surface area contributed by atoms with Crippen LogP contribution in [-0.4, -0.2) is 44.8 Å². The molecule has 0 aliphatic carbocycles. The Bertz CT molecular complexity index is 467. The van der Waals surface area contributed by atoms with Crippen molar-refractivity contribution in [3.8, 4) is 0 Å². The summed E-state index contributed by atoms with van der Waals surface area (Å²) in [5, 5.41) is 3.39. The highest BCUT2D eigenvalue weighted by Crippen LogP contribution is 2.18. The minimum atomic E-state index is 1.27. The van der Waals surface area contributed by atoms with Gasteiger partial charge in [-0.25, -0.2) is 0 Å². The molecule has 1 aromatic heterocycles. The summed E-state index contributed by atoms with van der Waals surface area (Å²) in [7, 11) is 10.1. The Labute approximate surface area is 104 Å². The van der Waals surface area contributed by atoms with Crippen LogP contribution >= 0.6 is 0 Å². The molecule has 0 saturated heterocycles. The molecule has 17 heavy (non-hydrogen) atoms. The standard InChI is InChI=1S/C11H14N2.C3H9N/c1-9-8-10-6-4-5-7-11(10)13(9)12(2)3;1-4(2)3/h4-8H,1-3H3;1-3H3. The van der Waals surface area contributed by atoms with Crippen LogP contribution in [0.15, 0.2) is 30.3 Å². The molecule has 0 spiro atoms. The molecular formula is C14H23N3. The topological polar surface area (TPSA) is 11.4 Å². The lowest BCUT2D eigenvalue weighted by Gasteiger charge is -2.17. The summed E-state index contributed by atoms with van der Waals surface area (Å²) in [6.07, 6.45) is 0. The lowest BCUT2D eigenvalue weighted by molar-refractivity contribution is 0.505. The molecule has 0 radical (unpaired) electrons. The fourth-order valence-corrected chi connectivity index (χ4v) is 1.81. The first-order chi connectivity index (χ1) is 7.93. The number of hydrogen-bond donors (Lipinski definition) is 0. The summed E-state index contributed by atoms with van der Waals surface area (Å²) in [6.45, 7) is 2.12. The van der Waals surface area contributed by atoms with Gasteiger partial charge in [0, 0.05) is 25.2 Å². The summed E-state index contributed by atoms with van der Waals surface area (Å²) >= 11 is 0. The predicted molar refractivity (Wildman–Crippen MR) is 76.4 cm³/mol. The van der Waals surface area contributed by atoms with Gasteiger partial charge in [0.1, 0.15) is 0 Å². The lowest BCUT2D eigenvalue weighted by Crippen LogP contribution is -2.25. The van der Waals surface area contributed by atoms with Crippen LogP contribution in [0.5, 0.6) is 0 Å². The zero-order chi connectivity index (χ0) is 13.0. The molecule has 94 valence electrons. The van der Waals surface area contributed by atoms with E-state index in [1.165, 1.54) is 16.6 Å². The third-order valence-corrected chi connectivity index (χ3v) is 2.26. The van der Waals surface area contributed by atoms with E-state index in [2.05, 4.69) is 61.0 Å². The maximum absolute atomic E-state index is 2.20. The van der Waals surface area contributed by atoms with Crippen molar-refractivity contribution >= 4 is 10.9 Å². The van der Waals surface area contributed by atoms with Gasteiger partial charge in [-0.3, -0.25) is 4.68 Å². The number of rotatable bonds is 1. The average Bonchev–Trinajstić information content (AvgIpc) is 2.52. The van der Waals surface area contributed by atoms with Gasteiger partial charge in [0.2, 0.25) is 0 Å². The highest BCUT2D eigenvalue weighted by atomic mass is 15.5. The van der Waals surface area contributed by atoms with Crippen molar-refractivity contribution < 1.29 is 0 Å². The van der Waals surface area contributed by atoms with Gasteiger partial charge in [0.15, 0.2) is 0 Å². The van der Waals surface area contributed by atoms with E-state index < -0.39 is 0 Å². The van der Waals surface area contributed by atoms with Crippen molar-refractivity contribution in [1.29, 1.82) is 0 Å². The zero-order valence-electron chi connectivity index (χ0n) is 11.7. The maximum Gasteiger partial charge on any atom is 0.0697 e. The van der Waals surface area contributed by atoms with Crippen LogP contribution in [0.3, 0.4) is 0 Å². The van der Waals surface area contributed by atoms with Crippen LogP contribution < -0.4 is 5.01 Å². The molecule has 0 amide bonds. The second kappa shape index (κ2) is 5.73. The Morgan fingerprint density at radius 1 is 0.941 bits per heavy atom. The van der Waals surface area contributed by atoms with E-state index in [1.54, 1.807) is 0 Å². The van der Waals surface area contributed by atoms with Gasteiger partial charge in [-0.15, -0.1) is 0 Å². The molecule has 0 atom stereocenters. The highest BCUT2D eigenvalue weighted by molar-refractivity contribution is 5.81. The van der Waals surface area contributed by atoms with E-state index >= 15 is 0 Å². The molecule has 0 bridgehead atoms. The summed E-state index contributed by atoms with van der Waals surface area (Å²) in [4.78, 5) is 2.00. The molecular weight excluding hydrogens is 210 g/mol. The summed E-state index contributed by atoms with van der Waals surface area (Å²) < 4.78 is 2.20. The van der Waals surface area contributed by atoms with Gasteiger partial charge in [0.05, 0.1) is 5.52 Å². The molecule has 2 aromatic rings. The fourth-order valence-electron chi connectivity index (χ4n) is 1.81. The molecule has 0 unspecified atom stereocenters. The third-order valence-electron chi connectivity index (χ3n) is 2.26. The molecule has 0 fully saturated rings. The Kier molecular flexibility index (Phi) is 4.58. The number of nitrogens with zero attached hydrogens (tertiary/aromatic N) is 3. The molecule has 1 heterocycles. The Morgan fingerprint density at radius 2 is 1.47 bits per heavy atom. The fraction of sp³-hybridized carbons (Fsp3) is 0.429. The van der Waals surface area contributed by atoms with Crippen LogP contribution in [0.25, 0.3) is 10.9 Å². The number of aryl methyl sites for hydroxylation is 1. The van der Waals surface area contributed by atoms with Gasteiger partial charge < -0.3 is 9.91 Å². The van der Waals surface area contributed by atoms with Crippen LogP contribution in [0.4, 0.5) is 0 Å². The van der Waals surface area contributed by atoms with Gasteiger partial charge in [-0.2, -0.15) is 0 Å². The molecule has 0 N–H and O–H groups in total. The normalized spacial score (nSPS) is 10.3. The monoisotopic (exact) mass is 233 g/mol. The molecule has 1 aromatic carbocycles. The zero-order valence-corrected chi connectivity index (χ0v) is 11.7. The summed E-state index contributed by atoms with van der Waals surface area (Å²) in [5.41, 5.74) is 2.54. The lowest BCUT2D eigenvalue weighted by atomic mass is 10.2. The number of benzene rings is 1. The van der Waals surface area contributed by atoms with Crippen LogP contribution in [0.1, 0.15) is 5.69 Å². The van der Waals surface area contributed by atoms with Gasteiger partial charge in [-0.1, -0.05) is 18.2 Å². The summed E-state index contributed by atoms with van der Waals surface area (Å²) in [5.74, 6) is 0. The van der Waals surface area contributed by atoms with E-state index in [4.69, 9.17) is 0 Å². The van der Waals surface area contributed by atoms with Crippen LogP contribution in [0.2, 0.25) is 0 Å². The number of para-hydroxylation sites is 1. The van der Waals surface area contributed by atoms with Crippen molar-refractivity contribution in [2.75, 3.05) is 40.2 Å². The maximum atomic E-state index is 2.20. The SMILES string of the molecule is CN(C)C.Cc1cc2ccccc2n1N(C)C. The minimum Gasteiger partial charge on any atom is -0.319 e. The van der Waals surface area contributed by atoms with Crippen LogP contribution in [-0.2, 0) is 0 Å². The first kappa shape index (κ1) is 13.6. The molecule has 3 nitrogen and oxygen atoms in total. The molecule has 0 aliphatic rings. The number of aromatic nitrogens is 1. The average molecular weight is 233 g/mol. The Hall–Kier alpha value is -1.48. The first-order valence-electron chi connectivity index (χ1n) is 5.79. The molecule has 0 saturated carbocycles. The van der Waals surface area contributed by atoms with Crippen molar-refractivity contribution in [2.45, 2.75) is 6.92 Å². The first-order valence-corrected chi connectivity index (χ1v) is 5.79. The summed E-state index contributed by atoms with van der Waals surface area (Å²) in [6, 6.07) is 10.6. The molecule has 0 aliphatic heterocycles. The third kappa shape index (κ3) is 3.49. The second-order valence-corrected chi connectivity index (χ2v) is 4.85. The van der Waals surface area contributed by atoms with Crippen LogP contribution in [0, 0.1) is 6.92 Å². The minimum absolute atomic E-state index is 1.27. The second-order valence-electron chi connectivity index (χ2n) is 4.85. The smallest absolute Gasteiger partial charge is 0.0697 e. The number of hydrogen-bond acceptors (Lipinski definition) is 2. The highest BCUT2D eigenvalue weighted by Gasteiger charge is 2.04. The van der Waals surface area contributed by atoms with Gasteiger partial charge >= 0.3 is 0 Å². The van der Waals surface area contributed by atoms with Crippen molar-refractivity contribution in [2.24, 2.45) is 0 Å². The predicted octanol–water partition coefficient (Wildman–Crippen LogP) is 2.33.